The Morgan fingerprint density at radius 1 is 1.39 bits per heavy atom. The van der Waals surface area contributed by atoms with Crippen LogP contribution in [-0.2, 0) is 11.3 Å². The van der Waals surface area contributed by atoms with Crippen LogP contribution in [0.15, 0.2) is 30.6 Å². The van der Waals surface area contributed by atoms with Crippen molar-refractivity contribution in [3.8, 4) is 5.69 Å². The zero-order chi connectivity index (χ0) is 17.0. The Balaban J connectivity index is 1.96. The van der Waals surface area contributed by atoms with Gasteiger partial charge in [-0.05, 0) is 36.4 Å². The molecule has 0 fully saturated rings. The molecule has 0 bridgehead atoms. The molecular formula is C14H13F4N3OS. The Morgan fingerprint density at radius 3 is 2.70 bits per heavy atom. The number of thioether (sulfide) groups is 1. The second kappa shape index (κ2) is 7.03. The number of aryl methyl sites for hydroxylation is 1. The van der Waals surface area contributed by atoms with Gasteiger partial charge in [0, 0.05) is 18.9 Å². The van der Waals surface area contributed by atoms with Gasteiger partial charge < -0.3 is 9.88 Å². The molecule has 1 amide bonds. The number of carbonyl (C=O) groups is 1. The Bertz CT molecular complexity index is 700. The highest BCUT2D eigenvalue weighted by Crippen LogP contribution is 2.29. The first-order chi connectivity index (χ1) is 10.8. The van der Waals surface area contributed by atoms with Gasteiger partial charge in [-0.15, -0.1) is 0 Å². The highest BCUT2D eigenvalue weighted by molar-refractivity contribution is 8.00. The van der Waals surface area contributed by atoms with E-state index in [0.717, 1.165) is 0 Å². The van der Waals surface area contributed by atoms with E-state index in [0.29, 0.717) is 17.1 Å². The maximum atomic E-state index is 14.1. The molecule has 23 heavy (non-hydrogen) atoms. The van der Waals surface area contributed by atoms with E-state index < -0.39 is 34.7 Å². The molecule has 2 aromatic rings. The van der Waals surface area contributed by atoms with E-state index in [-0.39, 0.29) is 6.54 Å². The first-order valence-electron chi connectivity index (χ1n) is 6.52. The number of amides is 1. The SMILES string of the molecule is Cc1nccn1-c1ccc(CNC(=O)CSC(F)(F)F)cc1F. The lowest BCUT2D eigenvalue weighted by molar-refractivity contribution is -0.119. The Hall–Kier alpha value is -2.03. The van der Waals surface area contributed by atoms with Crippen molar-refractivity contribution in [3.05, 3.63) is 47.8 Å². The number of imidazole rings is 1. The fraction of sp³-hybridized carbons (Fsp3) is 0.286. The van der Waals surface area contributed by atoms with Crippen LogP contribution in [0.5, 0.6) is 0 Å². The number of nitrogens with one attached hydrogen (secondary N) is 1. The minimum Gasteiger partial charge on any atom is -0.351 e. The lowest BCUT2D eigenvalue weighted by Crippen LogP contribution is -2.26. The Labute approximate surface area is 133 Å². The molecular weight excluding hydrogens is 334 g/mol. The summed E-state index contributed by atoms with van der Waals surface area (Å²) in [4.78, 5) is 15.3. The maximum absolute atomic E-state index is 14.1. The highest BCUT2D eigenvalue weighted by atomic mass is 32.2. The van der Waals surface area contributed by atoms with Gasteiger partial charge in [0.25, 0.3) is 0 Å². The summed E-state index contributed by atoms with van der Waals surface area (Å²) in [5.41, 5.74) is -3.69. The van der Waals surface area contributed by atoms with Crippen LogP contribution in [0.1, 0.15) is 11.4 Å². The van der Waals surface area contributed by atoms with Gasteiger partial charge in [-0.2, -0.15) is 13.2 Å². The van der Waals surface area contributed by atoms with E-state index in [1.54, 1.807) is 30.0 Å². The van der Waals surface area contributed by atoms with Crippen LogP contribution in [0.4, 0.5) is 17.6 Å². The minimum absolute atomic E-state index is 0.0443. The lowest BCUT2D eigenvalue weighted by atomic mass is 10.2. The quantitative estimate of drug-likeness (QED) is 0.845. The molecule has 0 saturated heterocycles. The van der Waals surface area contributed by atoms with Gasteiger partial charge in [0.15, 0.2) is 0 Å². The summed E-state index contributed by atoms with van der Waals surface area (Å²) >= 11 is -0.414. The van der Waals surface area contributed by atoms with Crippen LogP contribution in [-0.4, -0.2) is 26.7 Å². The van der Waals surface area contributed by atoms with E-state index in [4.69, 9.17) is 0 Å². The van der Waals surface area contributed by atoms with Crippen LogP contribution >= 0.6 is 11.8 Å². The van der Waals surface area contributed by atoms with Gasteiger partial charge in [0.05, 0.1) is 11.4 Å². The van der Waals surface area contributed by atoms with Crippen LogP contribution in [0, 0.1) is 12.7 Å². The minimum atomic E-state index is -4.45. The number of hydrogen-bond donors (Lipinski definition) is 1. The third-order valence-corrected chi connectivity index (χ3v) is 3.69. The van der Waals surface area contributed by atoms with Crippen molar-refractivity contribution < 1.29 is 22.4 Å². The molecule has 9 heteroatoms. The molecule has 124 valence electrons. The fourth-order valence-electron chi connectivity index (χ4n) is 1.89. The smallest absolute Gasteiger partial charge is 0.351 e. The predicted molar refractivity (Wildman–Crippen MR) is 78.6 cm³/mol. The van der Waals surface area contributed by atoms with Crippen molar-refractivity contribution in [1.82, 2.24) is 14.9 Å². The molecule has 2 rings (SSSR count). The third-order valence-electron chi connectivity index (χ3n) is 2.95. The standard InChI is InChI=1S/C14H13F4N3OS/c1-9-19-4-5-21(9)12-3-2-10(6-11(12)15)7-20-13(22)8-23-14(16,17)18/h2-6H,7-8H2,1H3,(H,20,22). The van der Waals surface area contributed by atoms with Gasteiger partial charge in [-0.3, -0.25) is 4.79 Å². The van der Waals surface area contributed by atoms with Crippen LogP contribution < -0.4 is 5.32 Å². The molecule has 0 aliphatic heterocycles. The molecule has 0 saturated carbocycles. The van der Waals surface area contributed by atoms with Crippen molar-refractivity contribution in [2.75, 3.05) is 5.75 Å². The zero-order valence-corrected chi connectivity index (χ0v) is 12.8. The number of benzene rings is 1. The monoisotopic (exact) mass is 347 g/mol. The molecule has 0 aliphatic rings. The molecule has 1 N–H and O–H groups in total. The molecule has 0 spiro atoms. The second-order valence-corrected chi connectivity index (χ2v) is 5.68. The van der Waals surface area contributed by atoms with Crippen molar-refractivity contribution in [2.45, 2.75) is 19.0 Å². The number of halogens is 4. The maximum Gasteiger partial charge on any atom is 0.442 e. The van der Waals surface area contributed by atoms with E-state index in [1.165, 1.54) is 12.1 Å². The Morgan fingerprint density at radius 2 is 2.13 bits per heavy atom. The van der Waals surface area contributed by atoms with Gasteiger partial charge >= 0.3 is 5.51 Å². The number of rotatable bonds is 5. The van der Waals surface area contributed by atoms with Crippen LogP contribution in [0.2, 0.25) is 0 Å². The number of aromatic nitrogens is 2. The van der Waals surface area contributed by atoms with Crippen LogP contribution in [0.3, 0.4) is 0 Å². The normalized spacial score (nSPS) is 11.5. The summed E-state index contributed by atoms with van der Waals surface area (Å²) in [7, 11) is 0. The van der Waals surface area contributed by atoms with E-state index in [1.807, 2.05) is 0 Å². The third kappa shape index (κ3) is 4.98. The van der Waals surface area contributed by atoms with Crippen molar-refractivity contribution in [2.24, 2.45) is 0 Å². The average Bonchev–Trinajstić information content (AvgIpc) is 2.88. The van der Waals surface area contributed by atoms with E-state index in [9.17, 15) is 22.4 Å². The number of hydrogen-bond acceptors (Lipinski definition) is 3. The average molecular weight is 347 g/mol. The summed E-state index contributed by atoms with van der Waals surface area (Å²) in [6.45, 7) is 1.68. The number of nitrogens with zero attached hydrogens (tertiary/aromatic N) is 2. The summed E-state index contributed by atoms with van der Waals surface area (Å²) in [6.07, 6.45) is 3.16. The van der Waals surface area contributed by atoms with E-state index >= 15 is 0 Å². The molecule has 0 atom stereocenters. The summed E-state index contributed by atoms with van der Waals surface area (Å²) < 4.78 is 51.6. The van der Waals surface area contributed by atoms with Crippen molar-refractivity contribution in [3.63, 3.8) is 0 Å². The first-order valence-corrected chi connectivity index (χ1v) is 7.51. The first kappa shape index (κ1) is 17.3. The van der Waals surface area contributed by atoms with E-state index in [2.05, 4.69) is 10.3 Å². The van der Waals surface area contributed by atoms with Gasteiger partial charge in [-0.25, -0.2) is 9.37 Å². The number of alkyl halides is 3. The summed E-state index contributed by atoms with van der Waals surface area (Å²) in [5.74, 6) is -1.38. The molecule has 0 unspecified atom stereocenters. The summed E-state index contributed by atoms with van der Waals surface area (Å²) in [6, 6.07) is 4.34. The van der Waals surface area contributed by atoms with Crippen LogP contribution in [0.25, 0.3) is 5.69 Å². The van der Waals surface area contributed by atoms with Gasteiger partial charge in [-0.1, -0.05) is 6.07 Å². The Kier molecular flexibility index (Phi) is 5.30. The highest BCUT2D eigenvalue weighted by Gasteiger charge is 2.29. The predicted octanol–water partition coefficient (Wildman–Crippen LogP) is 3.19. The largest absolute Gasteiger partial charge is 0.442 e. The topological polar surface area (TPSA) is 46.9 Å². The molecule has 1 aromatic heterocycles. The zero-order valence-electron chi connectivity index (χ0n) is 12.0. The second-order valence-electron chi connectivity index (χ2n) is 4.64. The number of carbonyl (C=O) groups excluding carboxylic acids is 1. The lowest BCUT2D eigenvalue weighted by Gasteiger charge is -2.10. The molecule has 4 nitrogen and oxygen atoms in total. The van der Waals surface area contributed by atoms with Crippen molar-refractivity contribution in [1.29, 1.82) is 0 Å². The fourth-order valence-corrected chi connectivity index (χ4v) is 2.28. The summed E-state index contributed by atoms with van der Waals surface area (Å²) in [5, 5.41) is 2.32. The molecule has 1 aromatic carbocycles. The van der Waals surface area contributed by atoms with Crippen molar-refractivity contribution >= 4 is 17.7 Å². The molecule has 0 radical (unpaired) electrons. The van der Waals surface area contributed by atoms with Gasteiger partial charge in [0.2, 0.25) is 5.91 Å². The molecule has 0 aliphatic carbocycles. The molecule has 1 heterocycles. The van der Waals surface area contributed by atoms with Gasteiger partial charge in [0.1, 0.15) is 11.6 Å².